The molecule has 0 heterocycles. The molecular formula is C20H14F3NO5S. The number of benzene rings is 3. The summed E-state index contributed by atoms with van der Waals surface area (Å²) in [5, 5.41) is 18.6. The zero-order valence-electron chi connectivity index (χ0n) is 15.0. The molecule has 6 nitrogen and oxygen atoms in total. The third kappa shape index (κ3) is 4.54. The van der Waals surface area contributed by atoms with Crippen LogP contribution in [0.4, 0.5) is 18.9 Å². The van der Waals surface area contributed by atoms with E-state index in [1.54, 1.807) is 30.3 Å². The van der Waals surface area contributed by atoms with Crippen LogP contribution in [0.3, 0.4) is 0 Å². The smallest absolute Gasteiger partial charge is 0.416 e. The molecule has 0 unspecified atom stereocenters. The Labute approximate surface area is 169 Å². The van der Waals surface area contributed by atoms with Crippen molar-refractivity contribution in [3.05, 3.63) is 77.9 Å². The van der Waals surface area contributed by atoms with E-state index >= 15 is 0 Å². The second kappa shape index (κ2) is 7.71. The molecule has 0 radical (unpaired) electrons. The Morgan fingerprint density at radius 2 is 1.57 bits per heavy atom. The zero-order chi connectivity index (χ0) is 22.1. The van der Waals surface area contributed by atoms with E-state index in [0.717, 1.165) is 30.3 Å². The first-order valence-electron chi connectivity index (χ1n) is 8.34. The first-order chi connectivity index (χ1) is 14.0. The zero-order valence-corrected chi connectivity index (χ0v) is 15.8. The van der Waals surface area contributed by atoms with Crippen LogP contribution in [0.5, 0.6) is 5.75 Å². The first kappa shape index (κ1) is 21.2. The first-order valence-corrected chi connectivity index (χ1v) is 9.82. The summed E-state index contributed by atoms with van der Waals surface area (Å²) in [6.45, 7) is 0. The Hall–Kier alpha value is -3.53. The highest BCUT2D eigenvalue weighted by atomic mass is 32.2. The lowest BCUT2D eigenvalue weighted by Gasteiger charge is -2.14. The van der Waals surface area contributed by atoms with Crippen molar-refractivity contribution in [2.45, 2.75) is 11.1 Å². The van der Waals surface area contributed by atoms with Gasteiger partial charge < -0.3 is 10.2 Å². The summed E-state index contributed by atoms with van der Waals surface area (Å²) in [4.78, 5) is 10.3. The summed E-state index contributed by atoms with van der Waals surface area (Å²) in [7, 11) is -4.49. The molecule has 156 valence electrons. The van der Waals surface area contributed by atoms with Crippen molar-refractivity contribution in [2.75, 3.05) is 4.72 Å². The number of hydrogen-bond acceptors (Lipinski definition) is 4. The molecule has 0 amide bonds. The molecule has 0 aliphatic carbocycles. The molecule has 0 saturated carbocycles. The second-order valence-electron chi connectivity index (χ2n) is 6.25. The van der Waals surface area contributed by atoms with Crippen LogP contribution < -0.4 is 4.72 Å². The second-order valence-corrected chi connectivity index (χ2v) is 7.93. The van der Waals surface area contributed by atoms with Gasteiger partial charge in [0.05, 0.1) is 16.1 Å². The summed E-state index contributed by atoms with van der Waals surface area (Å²) in [5.74, 6) is -2.12. The lowest BCUT2D eigenvalue weighted by Crippen LogP contribution is -2.15. The molecule has 3 N–H and O–H groups in total. The molecule has 0 aliphatic heterocycles. The Morgan fingerprint density at radius 3 is 2.13 bits per heavy atom. The molecule has 0 spiro atoms. The summed E-state index contributed by atoms with van der Waals surface area (Å²) >= 11 is 0. The Balaban J connectivity index is 2.07. The van der Waals surface area contributed by atoms with E-state index in [-0.39, 0.29) is 11.3 Å². The van der Waals surface area contributed by atoms with Gasteiger partial charge in [-0.25, -0.2) is 13.2 Å². The third-order valence-electron chi connectivity index (χ3n) is 4.13. The summed E-state index contributed by atoms with van der Waals surface area (Å²) in [5.41, 5.74) is -1.37. The molecule has 0 fully saturated rings. The van der Waals surface area contributed by atoms with E-state index in [4.69, 9.17) is 5.11 Å². The number of alkyl halides is 3. The monoisotopic (exact) mass is 437 g/mol. The molecule has 30 heavy (non-hydrogen) atoms. The van der Waals surface area contributed by atoms with Gasteiger partial charge in [0.2, 0.25) is 0 Å². The van der Waals surface area contributed by atoms with Crippen LogP contribution in [0, 0.1) is 0 Å². The van der Waals surface area contributed by atoms with Crippen LogP contribution in [0.25, 0.3) is 11.1 Å². The van der Waals surface area contributed by atoms with Crippen LogP contribution >= 0.6 is 0 Å². The number of aromatic hydroxyl groups is 1. The number of phenols is 1. The Kier molecular flexibility index (Phi) is 5.45. The molecule has 0 bridgehead atoms. The van der Waals surface area contributed by atoms with E-state index in [9.17, 15) is 31.5 Å². The molecule has 10 heteroatoms. The van der Waals surface area contributed by atoms with Crippen LogP contribution in [-0.2, 0) is 16.2 Å². The van der Waals surface area contributed by atoms with Gasteiger partial charge in [0.25, 0.3) is 10.0 Å². The number of sulfonamides is 1. The van der Waals surface area contributed by atoms with Gasteiger partial charge >= 0.3 is 12.1 Å². The number of aromatic carboxylic acids is 1. The average Bonchev–Trinajstić information content (AvgIpc) is 2.67. The minimum atomic E-state index is -4.78. The average molecular weight is 437 g/mol. The fraction of sp³-hybridized carbons (Fsp3) is 0.0500. The van der Waals surface area contributed by atoms with E-state index < -0.39 is 43.9 Å². The van der Waals surface area contributed by atoms with Crippen molar-refractivity contribution in [1.29, 1.82) is 0 Å². The number of carboxylic acid groups (broad SMARTS) is 1. The number of rotatable bonds is 5. The van der Waals surface area contributed by atoms with Gasteiger partial charge in [0, 0.05) is 6.07 Å². The lowest BCUT2D eigenvalue weighted by molar-refractivity contribution is -0.137. The fourth-order valence-corrected chi connectivity index (χ4v) is 3.82. The van der Waals surface area contributed by atoms with Gasteiger partial charge in [0.15, 0.2) is 0 Å². The van der Waals surface area contributed by atoms with Crippen LogP contribution in [0.2, 0.25) is 0 Å². The number of nitrogens with one attached hydrogen (secondary N) is 1. The van der Waals surface area contributed by atoms with Gasteiger partial charge in [-0.3, -0.25) is 4.72 Å². The van der Waals surface area contributed by atoms with Gasteiger partial charge in [0.1, 0.15) is 11.3 Å². The van der Waals surface area contributed by atoms with Gasteiger partial charge in [-0.05, 0) is 41.5 Å². The molecule has 3 aromatic carbocycles. The predicted molar refractivity (Wildman–Crippen MR) is 103 cm³/mol. The quantitative estimate of drug-likeness (QED) is 0.542. The van der Waals surface area contributed by atoms with Gasteiger partial charge in [-0.15, -0.1) is 0 Å². The largest absolute Gasteiger partial charge is 0.507 e. The number of hydrogen-bond donors (Lipinski definition) is 3. The summed E-state index contributed by atoms with van der Waals surface area (Å²) in [6, 6.07) is 13.3. The Bertz CT molecular complexity index is 1210. The SMILES string of the molecule is O=C(O)c1ccc(NS(=O)(=O)c2cc(-c3ccccc3)cc(C(F)(F)F)c2)cc1O. The van der Waals surface area contributed by atoms with E-state index in [2.05, 4.69) is 4.72 Å². The van der Waals surface area contributed by atoms with E-state index in [1.165, 1.54) is 0 Å². The predicted octanol–water partition coefficient (Wildman–Crippen LogP) is 4.58. The highest BCUT2D eigenvalue weighted by Crippen LogP contribution is 2.35. The van der Waals surface area contributed by atoms with Crippen molar-refractivity contribution in [2.24, 2.45) is 0 Å². The van der Waals surface area contributed by atoms with Crippen molar-refractivity contribution in [3.8, 4) is 16.9 Å². The van der Waals surface area contributed by atoms with Gasteiger partial charge in [-0.2, -0.15) is 13.2 Å². The van der Waals surface area contributed by atoms with Gasteiger partial charge in [-0.1, -0.05) is 30.3 Å². The third-order valence-corrected chi connectivity index (χ3v) is 5.49. The number of anilines is 1. The number of carbonyl (C=O) groups is 1. The van der Waals surface area contributed by atoms with E-state index in [0.29, 0.717) is 11.6 Å². The molecule has 0 aliphatic rings. The Morgan fingerprint density at radius 1 is 0.900 bits per heavy atom. The molecule has 0 saturated heterocycles. The minimum Gasteiger partial charge on any atom is -0.507 e. The maximum absolute atomic E-state index is 13.3. The normalized spacial score (nSPS) is 11.8. The van der Waals surface area contributed by atoms with Crippen molar-refractivity contribution < 1.29 is 36.6 Å². The highest BCUT2D eigenvalue weighted by Gasteiger charge is 2.33. The van der Waals surface area contributed by atoms with Crippen molar-refractivity contribution in [1.82, 2.24) is 0 Å². The van der Waals surface area contributed by atoms with Crippen molar-refractivity contribution >= 4 is 21.7 Å². The van der Waals surface area contributed by atoms with Crippen LogP contribution in [-0.4, -0.2) is 24.6 Å². The molecule has 0 atom stereocenters. The standard InChI is InChI=1S/C20H14F3NO5S/c21-20(22,23)14-8-13(12-4-2-1-3-5-12)9-16(10-14)30(28,29)24-15-6-7-17(19(26)27)18(25)11-15/h1-11,24-25H,(H,26,27). The number of halogens is 3. The summed E-state index contributed by atoms with van der Waals surface area (Å²) in [6.07, 6.45) is -4.78. The maximum atomic E-state index is 13.3. The molecule has 3 rings (SSSR count). The molecule has 0 aromatic heterocycles. The topological polar surface area (TPSA) is 104 Å². The minimum absolute atomic E-state index is 0.0508. The van der Waals surface area contributed by atoms with E-state index in [1.807, 2.05) is 0 Å². The lowest BCUT2D eigenvalue weighted by atomic mass is 10.0. The highest BCUT2D eigenvalue weighted by molar-refractivity contribution is 7.92. The number of carboxylic acids is 1. The van der Waals surface area contributed by atoms with Crippen molar-refractivity contribution in [3.63, 3.8) is 0 Å². The van der Waals surface area contributed by atoms with Crippen LogP contribution in [0.15, 0.2) is 71.6 Å². The molecular weight excluding hydrogens is 423 g/mol. The van der Waals surface area contributed by atoms with Crippen LogP contribution in [0.1, 0.15) is 15.9 Å². The summed E-state index contributed by atoms with van der Waals surface area (Å²) < 4.78 is 67.5. The fourth-order valence-electron chi connectivity index (χ4n) is 2.71. The molecule has 3 aromatic rings. The maximum Gasteiger partial charge on any atom is 0.416 e.